The molecule has 0 saturated heterocycles. The van der Waals surface area contributed by atoms with Crippen LogP contribution in [0.2, 0.25) is 0 Å². The van der Waals surface area contributed by atoms with E-state index in [9.17, 15) is 0 Å². The molecule has 1 aliphatic rings. The first kappa shape index (κ1) is 12.1. The molecule has 0 saturated carbocycles. The van der Waals surface area contributed by atoms with Crippen LogP contribution < -0.4 is 0 Å². The van der Waals surface area contributed by atoms with Crippen molar-refractivity contribution in [3.05, 3.63) is 65.5 Å². The maximum atomic E-state index is 5.59. The van der Waals surface area contributed by atoms with Crippen molar-refractivity contribution in [1.82, 2.24) is 4.98 Å². The second-order valence-corrected chi connectivity index (χ2v) is 3.97. The highest BCUT2D eigenvalue weighted by Crippen LogP contribution is 2.23. The van der Waals surface area contributed by atoms with Gasteiger partial charge in [-0.1, -0.05) is 42.4 Å². The van der Waals surface area contributed by atoms with Crippen LogP contribution in [-0.2, 0) is 6.42 Å². The first-order valence-electron chi connectivity index (χ1n) is 5.98. The van der Waals surface area contributed by atoms with Gasteiger partial charge in [-0.3, -0.25) is 4.98 Å². The lowest BCUT2D eigenvalue weighted by Crippen LogP contribution is -1.96. The Kier molecular flexibility index (Phi) is 3.94. The minimum Gasteiger partial charge on any atom is -0.255 e. The third-order valence-electron chi connectivity index (χ3n) is 2.79. The summed E-state index contributed by atoms with van der Waals surface area (Å²) in [4.78, 5) is 4.43. The van der Waals surface area contributed by atoms with E-state index >= 15 is 0 Å². The molecule has 1 aliphatic carbocycles. The molecule has 1 heterocycles. The molecular weight excluding hydrogens is 218 g/mol. The number of rotatable bonds is 2. The van der Waals surface area contributed by atoms with Crippen LogP contribution in [0.4, 0.5) is 0 Å². The lowest BCUT2D eigenvalue weighted by molar-refractivity contribution is 1.18. The Balaban J connectivity index is 2.56. The molecule has 1 aromatic heterocycles. The van der Waals surface area contributed by atoms with Crippen molar-refractivity contribution in [1.29, 1.82) is 0 Å². The van der Waals surface area contributed by atoms with E-state index in [0.29, 0.717) is 0 Å². The minimum absolute atomic E-state index is 0.816. The van der Waals surface area contributed by atoms with Crippen molar-refractivity contribution in [3.8, 4) is 12.3 Å². The number of allylic oxidation sites excluding steroid dienone is 7. The number of fused-ring (bicyclic) bond motifs is 1. The highest BCUT2D eigenvalue weighted by molar-refractivity contribution is 5.83. The molecule has 1 aromatic rings. The molecule has 0 aliphatic heterocycles. The fraction of sp³-hybridized carbons (Fsp3) is 0.118. The summed E-state index contributed by atoms with van der Waals surface area (Å²) in [6, 6.07) is 2.04. The number of pyridine rings is 1. The van der Waals surface area contributed by atoms with Gasteiger partial charge in [-0.05, 0) is 31.1 Å². The van der Waals surface area contributed by atoms with Gasteiger partial charge < -0.3 is 0 Å². The summed E-state index contributed by atoms with van der Waals surface area (Å²) in [5.41, 5.74) is 4.08. The van der Waals surface area contributed by atoms with Gasteiger partial charge in [0, 0.05) is 11.8 Å². The molecule has 2 rings (SSSR count). The Labute approximate surface area is 108 Å². The molecule has 0 atom stereocenters. The van der Waals surface area contributed by atoms with E-state index in [-0.39, 0.29) is 0 Å². The highest BCUT2D eigenvalue weighted by Gasteiger charge is 2.10. The first-order valence-corrected chi connectivity index (χ1v) is 5.98. The molecule has 88 valence electrons. The molecule has 0 spiro atoms. The van der Waals surface area contributed by atoms with Crippen LogP contribution in [0.1, 0.15) is 23.7 Å². The molecule has 0 fully saturated rings. The number of aromatic nitrogens is 1. The minimum atomic E-state index is 0.816. The molecule has 0 amide bonds. The molecule has 1 nitrogen and oxygen atoms in total. The summed E-state index contributed by atoms with van der Waals surface area (Å²) < 4.78 is 0. The van der Waals surface area contributed by atoms with Crippen LogP contribution in [0.3, 0.4) is 0 Å². The van der Waals surface area contributed by atoms with Gasteiger partial charge in [-0.2, -0.15) is 0 Å². The molecular formula is C17H15N. The summed E-state index contributed by atoms with van der Waals surface area (Å²) >= 11 is 0. The number of nitrogens with zero attached hydrogens (tertiary/aromatic N) is 1. The van der Waals surface area contributed by atoms with Crippen molar-refractivity contribution < 1.29 is 0 Å². The predicted molar refractivity (Wildman–Crippen MR) is 77.7 cm³/mol. The zero-order chi connectivity index (χ0) is 12.8. The number of hydrogen-bond donors (Lipinski definition) is 0. The number of terminal acetylenes is 1. The van der Waals surface area contributed by atoms with Gasteiger partial charge in [0.25, 0.3) is 0 Å². The maximum absolute atomic E-state index is 5.59. The third-order valence-corrected chi connectivity index (χ3v) is 2.79. The molecule has 0 unspecified atom stereocenters. The average molecular weight is 233 g/mol. The topological polar surface area (TPSA) is 12.9 Å². The second kappa shape index (κ2) is 5.84. The summed E-state index contributed by atoms with van der Waals surface area (Å²) in [5.74, 6) is 2.72. The zero-order valence-corrected chi connectivity index (χ0v) is 10.4. The SMILES string of the molecule is C#C/C(=C\C=C/C)c1nccc2c1C=CC=CC2. The standard InChI is InChI=1S/C17H15N/c1-3-5-9-14(4-2)17-16-11-8-6-7-10-15(16)12-13-18-17/h2-3,5-9,11-13H,10H2,1H3/b5-3-,14-9+. The van der Waals surface area contributed by atoms with E-state index in [1.165, 1.54) is 5.56 Å². The van der Waals surface area contributed by atoms with Crippen LogP contribution in [0.5, 0.6) is 0 Å². The van der Waals surface area contributed by atoms with E-state index in [0.717, 1.165) is 23.3 Å². The second-order valence-electron chi connectivity index (χ2n) is 3.97. The van der Waals surface area contributed by atoms with Gasteiger partial charge in [0.1, 0.15) is 0 Å². The van der Waals surface area contributed by atoms with Crippen molar-refractivity contribution in [2.24, 2.45) is 0 Å². The fourth-order valence-corrected chi connectivity index (χ4v) is 1.90. The fourth-order valence-electron chi connectivity index (χ4n) is 1.90. The highest BCUT2D eigenvalue weighted by atomic mass is 14.7. The Morgan fingerprint density at radius 2 is 2.33 bits per heavy atom. The largest absolute Gasteiger partial charge is 0.255 e. The van der Waals surface area contributed by atoms with E-state index in [1.54, 1.807) is 0 Å². The number of hydrogen-bond acceptors (Lipinski definition) is 1. The lowest BCUT2D eigenvalue weighted by atomic mass is 9.99. The third kappa shape index (κ3) is 2.49. The average Bonchev–Trinajstić information content (AvgIpc) is 2.65. The summed E-state index contributed by atoms with van der Waals surface area (Å²) in [6.07, 6.45) is 22.4. The Morgan fingerprint density at radius 3 is 3.11 bits per heavy atom. The van der Waals surface area contributed by atoms with Crippen LogP contribution in [0.15, 0.2) is 48.7 Å². The maximum Gasteiger partial charge on any atom is 0.0861 e. The molecule has 0 bridgehead atoms. The van der Waals surface area contributed by atoms with E-state index in [4.69, 9.17) is 6.42 Å². The molecule has 1 heteroatoms. The molecule has 18 heavy (non-hydrogen) atoms. The van der Waals surface area contributed by atoms with Gasteiger partial charge in [0.05, 0.1) is 11.3 Å². The summed E-state index contributed by atoms with van der Waals surface area (Å²) in [5, 5.41) is 0. The quantitative estimate of drug-likeness (QED) is 0.559. The van der Waals surface area contributed by atoms with Crippen LogP contribution in [0, 0.1) is 12.3 Å². The van der Waals surface area contributed by atoms with Crippen molar-refractivity contribution in [3.63, 3.8) is 0 Å². The van der Waals surface area contributed by atoms with Gasteiger partial charge in [-0.15, -0.1) is 6.42 Å². The molecule has 0 N–H and O–H groups in total. The van der Waals surface area contributed by atoms with Crippen LogP contribution in [0.25, 0.3) is 11.6 Å². The Bertz CT molecular complexity index is 593. The van der Waals surface area contributed by atoms with Gasteiger partial charge in [0.15, 0.2) is 0 Å². The Hall–Kier alpha value is -2.33. The first-order chi connectivity index (χ1) is 8.86. The normalized spacial score (nSPS) is 14.3. The lowest BCUT2D eigenvalue weighted by Gasteiger charge is -2.08. The van der Waals surface area contributed by atoms with E-state index in [2.05, 4.69) is 29.1 Å². The zero-order valence-electron chi connectivity index (χ0n) is 10.4. The van der Waals surface area contributed by atoms with Gasteiger partial charge >= 0.3 is 0 Å². The van der Waals surface area contributed by atoms with Crippen LogP contribution in [-0.4, -0.2) is 4.98 Å². The van der Waals surface area contributed by atoms with Crippen molar-refractivity contribution in [2.75, 3.05) is 0 Å². The van der Waals surface area contributed by atoms with Crippen LogP contribution >= 0.6 is 0 Å². The molecule has 0 aromatic carbocycles. The summed E-state index contributed by atoms with van der Waals surface area (Å²) in [7, 11) is 0. The van der Waals surface area contributed by atoms with Crippen molar-refractivity contribution >= 4 is 11.6 Å². The Morgan fingerprint density at radius 1 is 1.44 bits per heavy atom. The molecule has 0 radical (unpaired) electrons. The van der Waals surface area contributed by atoms with E-state index < -0.39 is 0 Å². The van der Waals surface area contributed by atoms with E-state index in [1.807, 2.05) is 43.5 Å². The summed E-state index contributed by atoms with van der Waals surface area (Å²) in [6.45, 7) is 1.97. The predicted octanol–water partition coefficient (Wildman–Crippen LogP) is 3.80. The van der Waals surface area contributed by atoms with Gasteiger partial charge in [-0.25, -0.2) is 0 Å². The van der Waals surface area contributed by atoms with Gasteiger partial charge in [0.2, 0.25) is 0 Å². The monoisotopic (exact) mass is 233 g/mol. The van der Waals surface area contributed by atoms with Crippen molar-refractivity contribution in [2.45, 2.75) is 13.3 Å². The smallest absolute Gasteiger partial charge is 0.0861 e.